The first-order valence-corrected chi connectivity index (χ1v) is 8.92. The van der Waals surface area contributed by atoms with Gasteiger partial charge in [0, 0.05) is 28.0 Å². The zero-order chi connectivity index (χ0) is 16.8. The first kappa shape index (κ1) is 14.7. The van der Waals surface area contributed by atoms with Gasteiger partial charge in [-0.05, 0) is 68.1 Å². The Bertz CT molecular complexity index is 1050. The fraction of sp³-hybridized carbons (Fsp3) is 0.300. The second-order valence-corrected chi connectivity index (χ2v) is 6.95. The summed E-state index contributed by atoms with van der Waals surface area (Å²) in [5.74, 6) is 0.671. The number of benzene rings is 1. The molecule has 4 heterocycles. The lowest BCUT2D eigenvalue weighted by Gasteiger charge is -2.23. The molecule has 5 nitrogen and oxygen atoms in total. The van der Waals surface area contributed by atoms with Crippen LogP contribution in [0.4, 0.5) is 0 Å². The molecule has 0 aliphatic carbocycles. The molecule has 126 valence electrons. The minimum Gasteiger partial charge on any atom is -0.354 e. The second kappa shape index (κ2) is 5.70. The highest BCUT2D eigenvalue weighted by atomic mass is 15.1. The van der Waals surface area contributed by atoms with Crippen molar-refractivity contribution in [1.29, 1.82) is 0 Å². The molecule has 5 heteroatoms. The lowest BCUT2D eigenvalue weighted by Crippen LogP contribution is -2.26. The van der Waals surface area contributed by atoms with E-state index in [-0.39, 0.29) is 0 Å². The number of nitrogens with one attached hydrogen (secondary N) is 3. The normalized spacial score (nSPS) is 16.0. The van der Waals surface area contributed by atoms with Crippen molar-refractivity contribution < 1.29 is 0 Å². The van der Waals surface area contributed by atoms with Gasteiger partial charge in [0.15, 0.2) is 5.65 Å². The van der Waals surface area contributed by atoms with Crippen LogP contribution in [0.5, 0.6) is 0 Å². The van der Waals surface area contributed by atoms with Crippen LogP contribution in [0.3, 0.4) is 0 Å². The van der Waals surface area contributed by atoms with Crippen LogP contribution in [0.15, 0.2) is 36.7 Å². The molecule has 0 unspecified atom stereocenters. The number of aromatic amines is 2. The zero-order valence-electron chi connectivity index (χ0n) is 14.3. The monoisotopic (exact) mass is 331 g/mol. The Balaban J connectivity index is 1.65. The molecule has 0 saturated carbocycles. The minimum atomic E-state index is 0.671. The molecule has 3 N–H and O–H groups in total. The summed E-state index contributed by atoms with van der Waals surface area (Å²) in [6.07, 6.45) is 6.13. The average molecular weight is 331 g/mol. The van der Waals surface area contributed by atoms with Gasteiger partial charge in [-0.15, -0.1) is 0 Å². The summed E-state index contributed by atoms with van der Waals surface area (Å²) in [4.78, 5) is 7.96. The summed E-state index contributed by atoms with van der Waals surface area (Å²) in [5.41, 5.74) is 7.08. The molecular formula is C20H21N5. The van der Waals surface area contributed by atoms with E-state index in [0.717, 1.165) is 35.4 Å². The Morgan fingerprint density at radius 1 is 1.08 bits per heavy atom. The van der Waals surface area contributed by atoms with Crippen molar-refractivity contribution in [2.75, 3.05) is 13.1 Å². The van der Waals surface area contributed by atoms with Crippen LogP contribution in [0.2, 0.25) is 0 Å². The number of H-pyrrole nitrogens is 2. The summed E-state index contributed by atoms with van der Waals surface area (Å²) in [6, 6.07) is 8.96. The predicted octanol–water partition coefficient (Wildman–Crippen LogP) is 3.88. The van der Waals surface area contributed by atoms with E-state index in [0.29, 0.717) is 5.92 Å². The van der Waals surface area contributed by atoms with Gasteiger partial charge in [0.2, 0.25) is 0 Å². The molecule has 1 fully saturated rings. The van der Waals surface area contributed by atoms with E-state index < -0.39 is 0 Å². The average Bonchev–Trinajstić information content (AvgIpc) is 3.27. The summed E-state index contributed by atoms with van der Waals surface area (Å²) in [5, 5.41) is 12.9. The van der Waals surface area contributed by atoms with Gasteiger partial charge in [-0.2, -0.15) is 5.10 Å². The van der Waals surface area contributed by atoms with Gasteiger partial charge < -0.3 is 10.3 Å². The van der Waals surface area contributed by atoms with Crippen molar-refractivity contribution in [3.8, 4) is 11.3 Å². The largest absolute Gasteiger partial charge is 0.354 e. The number of fused-ring (bicyclic) bond motifs is 2. The highest BCUT2D eigenvalue weighted by Gasteiger charge is 2.18. The van der Waals surface area contributed by atoms with Crippen LogP contribution < -0.4 is 5.32 Å². The number of piperidine rings is 1. The third-order valence-corrected chi connectivity index (χ3v) is 5.52. The fourth-order valence-electron chi connectivity index (χ4n) is 4.09. The lowest BCUT2D eigenvalue weighted by molar-refractivity contribution is 0.460. The van der Waals surface area contributed by atoms with Gasteiger partial charge in [-0.3, -0.25) is 5.10 Å². The number of pyridine rings is 1. The van der Waals surface area contributed by atoms with Crippen LogP contribution in [0, 0.1) is 6.92 Å². The zero-order valence-corrected chi connectivity index (χ0v) is 14.3. The highest BCUT2D eigenvalue weighted by Crippen LogP contribution is 2.35. The van der Waals surface area contributed by atoms with Crippen molar-refractivity contribution in [3.05, 3.63) is 47.8 Å². The number of aromatic nitrogens is 4. The van der Waals surface area contributed by atoms with E-state index in [1.807, 2.05) is 12.4 Å². The maximum absolute atomic E-state index is 4.35. The van der Waals surface area contributed by atoms with Crippen LogP contribution >= 0.6 is 0 Å². The molecule has 1 saturated heterocycles. The van der Waals surface area contributed by atoms with Crippen molar-refractivity contribution in [1.82, 2.24) is 25.5 Å². The van der Waals surface area contributed by atoms with E-state index in [1.165, 1.54) is 34.9 Å². The van der Waals surface area contributed by atoms with Crippen LogP contribution in [-0.4, -0.2) is 33.3 Å². The first-order valence-electron chi connectivity index (χ1n) is 8.92. The van der Waals surface area contributed by atoms with Crippen molar-refractivity contribution in [3.63, 3.8) is 0 Å². The Hall–Kier alpha value is -2.66. The van der Waals surface area contributed by atoms with Crippen LogP contribution in [0.1, 0.15) is 29.9 Å². The third-order valence-electron chi connectivity index (χ3n) is 5.52. The quantitative estimate of drug-likeness (QED) is 0.522. The summed E-state index contributed by atoms with van der Waals surface area (Å²) >= 11 is 0. The Morgan fingerprint density at radius 3 is 2.84 bits per heavy atom. The molecule has 0 bridgehead atoms. The van der Waals surface area contributed by atoms with Crippen LogP contribution in [-0.2, 0) is 0 Å². The Morgan fingerprint density at radius 2 is 1.96 bits per heavy atom. The number of hydrogen-bond donors (Lipinski definition) is 3. The first-order chi connectivity index (χ1) is 12.3. The Labute approximate surface area is 145 Å². The van der Waals surface area contributed by atoms with Gasteiger partial charge in [-0.1, -0.05) is 6.07 Å². The lowest BCUT2D eigenvalue weighted by atomic mass is 9.89. The van der Waals surface area contributed by atoms with Gasteiger partial charge in [0.25, 0.3) is 0 Å². The number of hydrogen-bond acceptors (Lipinski definition) is 3. The maximum atomic E-state index is 4.35. The summed E-state index contributed by atoms with van der Waals surface area (Å²) in [6.45, 7) is 4.44. The van der Waals surface area contributed by atoms with Crippen molar-refractivity contribution >= 4 is 21.9 Å². The topological polar surface area (TPSA) is 69.4 Å². The molecule has 1 aromatic carbocycles. The SMILES string of the molecule is Cc1c(-c2ccnc3[nH]ncc23)[nH]c2ccc(C3CCNCC3)cc12. The summed E-state index contributed by atoms with van der Waals surface area (Å²) in [7, 11) is 0. The van der Waals surface area contributed by atoms with Gasteiger partial charge in [0.1, 0.15) is 0 Å². The second-order valence-electron chi connectivity index (χ2n) is 6.95. The fourth-order valence-corrected chi connectivity index (χ4v) is 4.09. The standard InChI is InChI=1S/C20H21N5/c1-12-16-10-14(13-4-7-21-8-5-13)2-3-18(16)24-19(12)15-6-9-22-20-17(15)11-23-25-20/h2-3,6,9-11,13,21,24H,4-5,7-8H2,1H3,(H,22,23,25). The minimum absolute atomic E-state index is 0.671. The van der Waals surface area contributed by atoms with E-state index in [1.54, 1.807) is 0 Å². The molecule has 0 radical (unpaired) electrons. The van der Waals surface area contributed by atoms with E-state index >= 15 is 0 Å². The summed E-state index contributed by atoms with van der Waals surface area (Å²) < 4.78 is 0. The molecule has 4 aromatic rings. The van der Waals surface area contributed by atoms with E-state index in [4.69, 9.17) is 0 Å². The molecule has 1 aliphatic heterocycles. The Kier molecular flexibility index (Phi) is 3.35. The number of aryl methyl sites for hydroxylation is 1. The van der Waals surface area contributed by atoms with Crippen molar-refractivity contribution in [2.45, 2.75) is 25.7 Å². The third kappa shape index (κ3) is 2.35. The smallest absolute Gasteiger partial charge is 0.155 e. The van der Waals surface area contributed by atoms with Crippen LogP contribution in [0.25, 0.3) is 33.2 Å². The highest BCUT2D eigenvalue weighted by molar-refractivity contribution is 5.98. The van der Waals surface area contributed by atoms with Gasteiger partial charge in [0.05, 0.1) is 11.9 Å². The van der Waals surface area contributed by atoms with Gasteiger partial charge in [-0.25, -0.2) is 4.98 Å². The molecular weight excluding hydrogens is 310 g/mol. The number of rotatable bonds is 2. The van der Waals surface area contributed by atoms with E-state index in [2.05, 4.69) is 56.7 Å². The molecule has 0 spiro atoms. The molecule has 5 rings (SSSR count). The van der Waals surface area contributed by atoms with E-state index in [9.17, 15) is 0 Å². The maximum Gasteiger partial charge on any atom is 0.155 e. The van der Waals surface area contributed by atoms with Crippen molar-refractivity contribution in [2.24, 2.45) is 0 Å². The molecule has 0 amide bonds. The molecule has 3 aromatic heterocycles. The molecule has 0 atom stereocenters. The molecule has 1 aliphatic rings. The van der Waals surface area contributed by atoms with Gasteiger partial charge >= 0.3 is 0 Å². The molecule has 25 heavy (non-hydrogen) atoms. The predicted molar refractivity (Wildman–Crippen MR) is 101 cm³/mol. The number of nitrogens with zero attached hydrogens (tertiary/aromatic N) is 2.